The number of carbonyl (C=O) groups is 1. The average Bonchev–Trinajstić information content (AvgIpc) is 2.90. The van der Waals surface area contributed by atoms with Crippen LogP contribution in [-0.4, -0.2) is 11.3 Å². The Morgan fingerprint density at radius 2 is 2.50 bits per heavy atom. The number of nitrogens with zero attached hydrogens (tertiary/aromatic N) is 1. The van der Waals surface area contributed by atoms with E-state index in [-0.39, 0.29) is 0 Å². The van der Waals surface area contributed by atoms with Gasteiger partial charge in [-0.2, -0.15) is 0 Å². The van der Waals surface area contributed by atoms with E-state index in [1.807, 2.05) is 6.92 Å². The van der Waals surface area contributed by atoms with Gasteiger partial charge in [-0.05, 0) is 30.9 Å². The third-order valence-corrected chi connectivity index (χ3v) is 3.26. The van der Waals surface area contributed by atoms with Crippen molar-refractivity contribution in [3.05, 3.63) is 28.5 Å². The molecule has 1 heterocycles. The minimum atomic E-state index is 0.457. The van der Waals surface area contributed by atoms with E-state index in [9.17, 15) is 4.79 Å². The molecular weight excluding hydrogens is 198 g/mol. The van der Waals surface area contributed by atoms with Crippen LogP contribution < -0.4 is 0 Å². The van der Waals surface area contributed by atoms with Gasteiger partial charge in [-0.1, -0.05) is 11.6 Å². The Balaban J connectivity index is 2.18. The minimum absolute atomic E-state index is 0.457. The second kappa shape index (κ2) is 3.70. The van der Waals surface area contributed by atoms with Crippen LogP contribution in [-0.2, 0) is 4.79 Å². The highest BCUT2D eigenvalue weighted by Gasteiger charge is 2.39. The normalized spacial score (nSPS) is 24.7. The minimum Gasteiger partial charge on any atom is -0.303 e. The van der Waals surface area contributed by atoms with Crippen molar-refractivity contribution in [1.29, 1.82) is 0 Å². The summed E-state index contributed by atoms with van der Waals surface area (Å²) < 4.78 is 0. The quantitative estimate of drug-likeness (QED) is 0.717. The number of halogens is 1. The van der Waals surface area contributed by atoms with Crippen LogP contribution in [0.3, 0.4) is 0 Å². The van der Waals surface area contributed by atoms with Crippen molar-refractivity contribution >= 4 is 17.9 Å². The SMILES string of the molecule is Cc1c(Cl)ccnc1C1CC1CC=O. The summed E-state index contributed by atoms with van der Waals surface area (Å²) in [5.74, 6) is 0.955. The fourth-order valence-electron chi connectivity index (χ4n) is 1.87. The number of aldehydes is 1. The van der Waals surface area contributed by atoms with Gasteiger partial charge in [-0.3, -0.25) is 4.98 Å². The monoisotopic (exact) mass is 209 g/mol. The van der Waals surface area contributed by atoms with Gasteiger partial charge in [0.2, 0.25) is 0 Å². The Labute approximate surface area is 88.3 Å². The maximum atomic E-state index is 10.3. The van der Waals surface area contributed by atoms with E-state index in [1.165, 1.54) is 0 Å². The predicted molar refractivity (Wildman–Crippen MR) is 55.5 cm³/mol. The molecule has 1 aromatic rings. The van der Waals surface area contributed by atoms with Crippen LogP contribution in [0.15, 0.2) is 12.3 Å². The first-order chi connectivity index (χ1) is 6.74. The Bertz CT molecular complexity index is 364. The van der Waals surface area contributed by atoms with Crippen molar-refractivity contribution in [1.82, 2.24) is 4.98 Å². The van der Waals surface area contributed by atoms with Gasteiger partial charge in [0.05, 0.1) is 0 Å². The Morgan fingerprint density at radius 3 is 3.21 bits per heavy atom. The van der Waals surface area contributed by atoms with Gasteiger partial charge in [0.15, 0.2) is 0 Å². The smallest absolute Gasteiger partial charge is 0.120 e. The van der Waals surface area contributed by atoms with Crippen molar-refractivity contribution < 1.29 is 4.79 Å². The molecular formula is C11H12ClNO. The summed E-state index contributed by atoms with van der Waals surface area (Å²) in [5.41, 5.74) is 2.14. The van der Waals surface area contributed by atoms with Crippen LogP contribution >= 0.6 is 11.6 Å². The van der Waals surface area contributed by atoms with Crippen molar-refractivity contribution in [3.8, 4) is 0 Å². The van der Waals surface area contributed by atoms with Crippen molar-refractivity contribution in [2.24, 2.45) is 5.92 Å². The van der Waals surface area contributed by atoms with Gasteiger partial charge >= 0.3 is 0 Å². The molecule has 1 aromatic heterocycles. The molecule has 2 nitrogen and oxygen atoms in total. The van der Waals surface area contributed by atoms with Gasteiger partial charge in [-0.15, -0.1) is 0 Å². The molecule has 2 atom stereocenters. The molecule has 1 fully saturated rings. The number of hydrogen-bond donors (Lipinski definition) is 0. The summed E-state index contributed by atoms with van der Waals surface area (Å²) in [7, 11) is 0. The molecule has 1 aliphatic rings. The number of carbonyl (C=O) groups excluding carboxylic acids is 1. The third-order valence-electron chi connectivity index (χ3n) is 2.85. The summed E-state index contributed by atoms with van der Waals surface area (Å²) in [6.45, 7) is 1.99. The maximum absolute atomic E-state index is 10.3. The lowest BCUT2D eigenvalue weighted by atomic mass is 10.1. The van der Waals surface area contributed by atoms with E-state index < -0.39 is 0 Å². The summed E-state index contributed by atoms with van der Waals surface area (Å²) in [5, 5.41) is 0.770. The van der Waals surface area contributed by atoms with E-state index in [0.29, 0.717) is 18.3 Å². The molecule has 0 bridgehead atoms. The molecule has 0 spiro atoms. The molecule has 0 amide bonds. The Morgan fingerprint density at radius 1 is 1.71 bits per heavy atom. The molecule has 0 N–H and O–H groups in total. The van der Waals surface area contributed by atoms with Gasteiger partial charge in [0.25, 0.3) is 0 Å². The molecule has 0 saturated heterocycles. The maximum Gasteiger partial charge on any atom is 0.120 e. The highest BCUT2D eigenvalue weighted by molar-refractivity contribution is 6.31. The van der Waals surface area contributed by atoms with E-state index in [0.717, 1.165) is 29.0 Å². The number of pyridine rings is 1. The van der Waals surface area contributed by atoms with Crippen LogP contribution in [0, 0.1) is 12.8 Å². The zero-order valence-corrected chi connectivity index (χ0v) is 8.79. The van der Waals surface area contributed by atoms with Crippen molar-refractivity contribution in [2.75, 3.05) is 0 Å². The number of hydrogen-bond acceptors (Lipinski definition) is 2. The largest absolute Gasteiger partial charge is 0.303 e. The predicted octanol–water partition coefficient (Wildman–Crippen LogP) is 2.74. The second-order valence-corrected chi connectivity index (χ2v) is 4.21. The lowest BCUT2D eigenvalue weighted by Crippen LogP contribution is -1.93. The van der Waals surface area contributed by atoms with Gasteiger partial charge in [0, 0.05) is 29.3 Å². The lowest BCUT2D eigenvalue weighted by molar-refractivity contribution is -0.108. The van der Waals surface area contributed by atoms with E-state index >= 15 is 0 Å². The van der Waals surface area contributed by atoms with Gasteiger partial charge in [0.1, 0.15) is 6.29 Å². The Kier molecular flexibility index (Phi) is 2.55. The molecule has 1 saturated carbocycles. The standard InChI is InChI=1S/C11H12ClNO/c1-7-10(12)2-4-13-11(7)9-6-8(9)3-5-14/h2,4-5,8-9H,3,6H2,1H3. The zero-order valence-electron chi connectivity index (χ0n) is 8.03. The van der Waals surface area contributed by atoms with Crippen LogP contribution in [0.5, 0.6) is 0 Å². The molecule has 2 unspecified atom stereocenters. The Hall–Kier alpha value is -0.890. The van der Waals surface area contributed by atoms with Crippen LogP contribution in [0.4, 0.5) is 0 Å². The van der Waals surface area contributed by atoms with Gasteiger partial charge in [-0.25, -0.2) is 0 Å². The summed E-state index contributed by atoms with van der Waals surface area (Å²) in [4.78, 5) is 14.7. The van der Waals surface area contributed by atoms with Gasteiger partial charge < -0.3 is 4.79 Å². The number of aromatic nitrogens is 1. The zero-order chi connectivity index (χ0) is 10.1. The summed E-state index contributed by atoms with van der Waals surface area (Å²) in [6, 6.07) is 1.80. The molecule has 14 heavy (non-hydrogen) atoms. The fraction of sp³-hybridized carbons (Fsp3) is 0.455. The van der Waals surface area contributed by atoms with Crippen molar-refractivity contribution in [3.63, 3.8) is 0 Å². The van der Waals surface area contributed by atoms with E-state index in [1.54, 1.807) is 12.3 Å². The molecule has 3 heteroatoms. The number of rotatable bonds is 3. The molecule has 1 aliphatic carbocycles. The van der Waals surface area contributed by atoms with E-state index in [4.69, 9.17) is 11.6 Å². The fourth-order valence-corrected chi connectivity index (χ4v) is 2.02. The first kappa shape index (κ1) is 9.66. The molecule has 2 rings (SSSR count). The molecule has 74 valence electrons. The van der Waals surface area contributed by atoms with Crippen LogP contribution in [0.25, 0.3) is 0 Å². The van der Waals surface area contributed by atoms with Crippen molar-refractivity contribution in [2.45, 2.75) is 25.7 Å². The average molecular weight is 210 g/mol. The highest BCUT2D eigenvalue weighted by Crippen LogP contribution is 2.49. The second-order valence-electron chi connectivity index (χ2n) is 3.81. The molecule has 0 radical (unpaired) electrons. The topological polar surface area (TPSA) is 30.0 Å². The van der Waals surface area contributed by atoms with Crippen LogP contribution in [0.1, 0.15) is 30.0 Å². The third kappa shape index (κ3) is 1.67. The first-order valence-corrected chi connectivity index (χ1v) is 5.16. The lowest BCUT2D eigenvalue weighted by Gasteiger charge is -2.04. The molecule has 0 aromatic carbocycles. The molecule has 0 aliphatic heterocycles. The summed E-state index contributed by atoms with van der Waals surface area (Å²) >= 11 is 6.00. The first-order valence-electron chi connectivity index (χ1n) is 4.78. The summed E-state index contributed by atoms with van der Waals surface area (Å²) in [6.07, 6.45) is 4.46. The van der Waals surface area contributed by atoms with Crippen LogP contribution in [0.2, 0.25) is 5.02 Å². The highest BCUT2D eigenvalue weighted by atomic mass is 35.5. The van der Waals surface area contributed by atoms with E-state index in [2.05, 4.69) is 4.98 Å².